The summed E-state index contributed by atoms with van der Waals surface area (Å²) in [6, 6.07) is 10.1. The van der Waals surface area contributed by atoms with Crippen LogP contribution < -0.4 is 0 Å². The van der Waals surface area contributed by atoms with E-state index in [1.54, 1.807) is 0 Å². The molecule has 2 rings (SSSR count). The van der Waals surface area contributed by atoms with E-state index in [9.17, 15) is 9.90 Å². The van der Waals surface area contributed by atoms with Gasteiger partial charge in [-0.25, -0.2) is 0 Å². The smallest absolute Gasteiger partial charge is 0.320 e. The normalized spacial score (nSPS) is 21.1. The van der Waals surface area contributed by atoms with Gasteiger partial charge in [-0.3, -0.25) is 14.6 Å². The van der Waals surface area contributed by atoms with E-state index in [1.807, 2.05) is 13.0 Å². The van der Waals surface area contributed by atoms with Crippen molar-refractivity contribution in [3.63, 3.8) is 0 Å². The fraction of sp³-hybridized carbons (Fsp3) is 0.588. The molecular formula is C17H26N2O2. The number of hydrogen-bond donors (Lipinski definition) is 1. The SMILES string of the molecule is CC[C@@H](C(=O)O)N1CCN(Cc2ccccc2)C(C)(C)C1. The molecule has 21 heavy (non-hydrogen) atoms. The number of nitrogens with zero attached hydrogens (tertiary/aromatic N) is 2. The molecule has 0 radical (unpaired) electrons. The van der Waals surface area contributed by atoms with Gasteiger partial charge >= 0.3 is 5.97 Å². The Labute approximate surface area is 127 Å². The van der Waals surface area contributed by atoms with Crippen molar-refractivity contribution in [3.05, 3.63) is 35.9 Å². The standard InChI is InChI=1S/C17H26N2O2/c1-4-15(16(20)21)18-10-11-19(17(2,3)13-18)12-14-8-6-5-7-9-14/h5-9,15H,4,10-13H2,1-3H3,(H,20,21)/t15-/m0/s1. The van der Waals surface area contributed by atoms with Crippen LogP contribution in [0.4, 0.5) is 0 Å². The third kappa shape index (κ3) is 3.83. The zero-order chi connectivity index (χ0) is 15.5. The second kappa shape index (κ2) is 6.58. The molecule has 1 aliphatic heterocycles. The number of piperazine rings is 1. The lowest BCUT2D eigenvalue weighted by atomic mass is 9.96. The van der Waals surface area contributed by atoms with Crippen molar-refractivity contribution < 1.29 is 9.90 Å². The molecule has 1 aromatic rings. The minimum Gasteiger partial charge on any atom is -0.480 e. The number of rotatable bonds is 5. The van der Waals surface area contributed by atoms with Crippen LogP contribution in [0.15, 0.2) is 30.3 Å². The summed E-state index contributed by atoms with van der Waals surface area (Å²) in [7, 11) is 0. The van der Waals surface area contributed by atoms with Gasteiger partial charge in [0, 0.05) is 31.7 Å². The number of carboxylic acid groups (broad SMARTS) is 1. The number of benzene rings is 1. The zero-order valence-corrected chi connectivity index (χ0v) is 13.2. The Kier molecular flexibility index (Phi) is 5.01. The summed E-state index contributed by atoms with van der Waals surface area (Å²) in [4.78, 5) is 15.9. The van der Waals surface area contributed by atoms with Crippen molar-refractivity contribution in [2.75, 3.05) is 19.6 Å². The minimum absolute atomic E-state index is 0.0169. The van der Waals surface area contributed by atoms with Crippen molar-refractivity contribution in [1.29, 1.82) is 0 Å². The van der Waals surface area contributed by atoms with Gasteiger partial charge in [-0.2, -0.15) is 0 Å². The Hall–Kier alpha value is -1.39. The Morgan fingerprint density at radius 3 is 2.48 bits per heavy atom. The molecule has 1 aliphatic rings. The number of hydrogen-bond acceptors (Lipinski definition) is 3. The van der Waals surface area contributed by atoms with Gasteiger partial charge in [0.1, 0.15) is 6.04 Å². The van der Waals surface area contributed by atoms with E-state index in [-0.39, 0.29) is 11.6 Å². The molecule has 1 aromatic carbocycles. The monoisotopic (exact) mass is 290 g/mol. The first kappa shape index (κ1) is 16.0. The van der Waals surface area contributed by atoms with E-state index in [1.165, 1.54) is 5.56 Å². The average Bonchev–Trinajstić information content (AvgIpc) is 2.43. The first-order chi connectivity index (χ1) is 9.94. The quantitative estimate of drug-likeness (QED) is 0.904. The second-order valence-corrected chi connectivity index (χ2v) is 6.45. The van der Waals surface area contributed by atoms with E-state index >= 15 is 0 Å². The molecule has 0 amide bonds. The lowest BCUT2D eigenvalue weighted by molar-refractivity contribution is -0.145. The van der Waals surface area contributed by atoms with Crippen LogP contribution in [-0.4, -0.2) is 52.1 Å². The fourth-order valence-corrected chi connectivity index (χ4v) is 3.18. The highest BCUT2D eigenvalue weighted by Crippen LogP contribution is 2.25. The summed E-state index contributed by atoms with van der Waals surface area (Å²) in [5.74, 6) is -0.704. The van der Waals surface area contributed by atoms with Crippen LogP contribution in [0.5, 0.6) is 0 Å². The third-order valence-corrected chi connectivity index (χ3v) is 4.43. The number of carboxylic acids is 1. The van der Waals surface area contributed by atoms with Crippen molar-refractivity contribution in [1.82, 2.24) is 9.80 Å². The van der Waals surface area contributed by atoms with Gasteiger partial charge in [0.2, 0.25) is 0 Å². The molecule has 4 heteroatoms. The largest absolute Gasteiger partial charge is 0.480 e. The van der Waals surface area contributed by atoms with Crippen LogP contribution in [0.3, 0.4) is 0 Å². The Morgan fingerprint density at radius 2 is 1.95 bits per heavy atom. The van der Waals surface area contributed by atoms with E-state index in [2.05, 4.69) is 47.9 Å². The molecule has 0 spiro atoms. The third-order valence-electron chi connectivity index (χ3n) is 4.43. The number of carbonyl (C=O) groups is 1. The van der Waals surface area contributed by atoms with E-state index < -0.39 is 5.97 Å². The van der Waals surface area contributed by atoms with E-state index in [0.717, 1.165) is 26.2 Å². The van der Waals surface area contributed by atoms with Crippen LogP contribution in [0.2, 0.25) is 0 Å². The molecule has 1 N–H and O–H groups in total. The first-order valence-corrected chi connectivity index (χ1v) is 7.70. The second-order valence-electron chi connectivity index (χ2n) is 6.45. The molecule has 1 fully saturated rings. The highest BCUT2D eigenvalue weighted by molar-refractivity contribution is 5.73. The number of aliphatic carboxylic acids is 1. The van der Waals surface area contributed by atoms with Crippen LogP contribution in [-0.2, 0) is 11.3 Å². The molecule has 0 unspecified atom stereocenters. The van der Waals surface area contributed by atoms with Gasteiger partial charge in [0.05, 0.1) is 0 Å². The van der Waals surface area contributed by atoms with Gasteiger partial charge in [0.15, 0.2) is 0 Å². The molecule has 1 atom stereocenters. The van der Waals surface area contributed by atoms with Gasteiger partial charge in [-0.05, 0) is 25.8 Å². The molecular weight excluding hydrogens is 264 g/mol. The summed E-state index contributed by atoms with van der Waals surface area (Å²) in [6.07, 6.45) is 0.657. The van der Waals surface area contributed by atoms with E-state index in [0.29, 0.717) is 6.42 Å². The predicted octanol–water partition coefficient (Wildman–Crippen LogP) is 2.45. The maximum Gasteiger partial charge on any atom is 0.320 e. The van der Waals surface area contributed by atoms with Gasteiger partial charge in [-0.15, -0.1) is 0 Å². The van der Waals surface area contributed by atoms with Crippen LogP contribution in [0, 0.1) is 0 Å². The van der Waals surface area contributed by atoms with Crippen molar-refractivity contribution in [3.8, 4) is 0 Å². The van der Waals surface area contributed by atoms with Gasteiger partial charge in [-0.1, -0.05) is 37.3 Å². The molecule has 1 heterocycles. The first-order valence-electron chi connectivity index (χ1n) is 7.70. The molecule has 0 bridgehead atoms. The summed E-state index contributed by atoms with van der Waals surface area (Å²) < 4.78 is 0. The van der Waals surface area contributed by atoms with Crippen molar-refractivity contribution in [2.24, 2.45) is 0 Å². The lowest BCUT2D eigenvalue weighted by Gasteiger charge is -2.48. The Bertz CT molecular complexity index is 473. The van der Waals surface area contributed by atoms with Crippen LogP contribution >= 0.6 is 0 Å². The van der Waals surface area contributed by atoms with Gasteiger partial charge < -0.3 is 5.11 Å². The van der Waals surface area contributed by atoms with Gasteiger partial charge in [0.25, 0.3) is 0 Å². The summed E-state index contributed by atoms with van der Waals surface area (Å²) in [6.45, 7) is 9.80. The highest BCUT2D eigenvalue weighted by Gasteiger charge is 2.37. The van der Waals surface area contributed by atoms with Crippen LogP contribution in [0.1, 0.15) is 32.8 Å². The summed E-state index contributed by atoms with van der Waals surface area (Å²) >= 11 is 0. The Morgan fingerprint density at radius 1 is 1.29 bits per heavy atom. The zero-order valence-electron chi connectivity index (χ0n) is 13.2. The fourth-order valence-electron chi connectivity index (χ4n) is 3.18. The molecule has 1 saturated heterocycles. The summed E-state index contributed by atoms with van der Waals surface area (Å²) in [5, 5.41) is 9.34. The molecule has 0 saturated carbocycles. The maximum atomic E-state index is 11.4. The topological polar surface area (TPSA) is 43.8 Å². The molecule has 0 aromatic heterocycles. The minimum atomic E-state index is -0.704. The van der Waals surface area contributed by atoms with Crippen molar-refractivity contribution >= 4 is 5.97 Å². The maximum absolute atomic E-state index is 11.4. The van der Waals surface area contributed by atoms with Crippen molar-refractivity contribution in [2.45, 2.75) is 45.3 Å². The van der Waals surface area contributed by atoms with Crippen LogP contribution in [0.25, 0.3) is 0 Å². The average molecular weight is 290 g/mol. The highest BCUT2D eigenvalue weighted by atomic mass is 16.4. The molecule has 4 nitrogen and oxygen atoms in total. The molecule has 116 valence electrons. The Balaban J connectivity index is 2.04. The molecule has 0 aliphatic carbocycles. The van der Waals surface area contributed by atoms with E-state index in [4.69, 9.17) is 0 Å². The summed E-state index contributed by atoms with van der Waals surface area (Å²) in [5.41, 5.74) is 1.29. The lowest BCUT2D eigenvalue weighted by Crippen LogP contribution is -2.61. The predicted molar refractivity (Wildman–Crippen MR) is 84.2 cm³/mol.